The third-order valence-electron chi connectivity index (χ3n) is 2.49. The SMILES string of the molecule is CC(=O)O[C@]1(C)CS[C@@H]2CC(=O)N2C1. The normalized spacial score (nSPS) is 36.0. The number of hydrogen-bond donors (Lipinski definition) is 0. The van der Waals surface area contributed by atoms with Crippen LogP contribution in [0.15, 0.2) is 0 Å². The Bertz CT molecular complexity index is 294. The Morgan fingerprint density at radius 1 is 1.71 bits per heavy atom. The summed E-state index contributed by atoms with van der Waals surface area (Å²) in [4.78, 5) is 23.9. The maximum atomic E-state index is 11.2. The molecule has 0 radical (unpaired) electrons. The van der Waals surface area contributed by atoms with Gasteiger partial charge in [-0.2, -0.15) is 0 Å². The van der Waals surface area contributed by atoms with Crippen LogP contribution in [0.3, 0.4) is 0 Å². The van der Waals surface area contributed by atoms with Crippen molar-refractivity contribution in [3.8, 4) is 0 Å². The average molecular weight is 215 g/mol. The number of hydrogen-bond acceptors (Lipinski definition) is 4. The third-order valence-corrected chi connectivity index (χ3v) is 4.08. The summed E-state index contributed by atoms with van der Waals surface area (Å²) in [6.07, 6.45) is 0.640. The van der Waals surface area contributed by atoms with Crippen LogP contribution in [0.25, 0.3) is 0 Å². The Morgan fingerprint density at radius 3 is 3.00 bits per heavy atom. The van der Waals surface area contributed by atoms with Crippen LogP contribution in [0.5, 0.6) is 0 Å². The molecule has 2 aliphatic heterocycles. The molecule has 0 saturated carbocycles. The van der Waals surface area contributed by atoms with Crippen molar-refractivity contribution in [2.24, 2.45) is 0 Å². The van der Waals surface area contributed by atoms with Gasteiger partial charge in [0.1, 0.15) is 5.60 Å². The summed E-state index contributed by atoms with van der Waals surface area (Å²) in [5, 5.41) is 0.325. The largest absolute Gasteiger partial charge is 0.457 e. The van der Waals surface area contributed by atoms with Gasteiger partial charge in [0.15, 0.2) is 0 Å². The summed E-state index contributed by atoms with van der Waals surface area (Å²) >= 11 is 1.69. The van der Waals surface area contributed by atoms with Crippen LogP contribution < -0.4 is 0 Å². The number of esters is 1. The molecular formula is C9H13NO3S. The molecule has 0 aromatic rings. The van der Waals surface area contributed by atoms with Gasteiger partial charge in [-0.05, 0) is 6.92 Å². The molecule has 2 rings (SSSR count). The topological polar surface area (TPSA) is 46.6 Å². The fourth-order valence-electron chi connectivity index (χ4n) is 1.85. The minimum absolute atomic E-state index is 0.167. The molecule has 78 valence electrons. The van der Waals surface area contributed by atoms with Crippen LogP contribution in [0.2, 0.25) is 0 Å². The molecule has 0 bridgehead atoms. The summed E-state index contributed by atoms with van der Waals surface area (Å²) < 4.78 is 5.23. The lowest BCUT2D eigenvalue weighted by Crippen LogP contribution is -2.61. The zero-order chi connectivity index (χ0) is 10.3. The van der Waals surface area contributed by atoms with Crippen molar-refractivity contribution in [3.05, 3.63) is 0 Å². The quantitative estimate of drug-likeness (QED) is 0.475. The number of rotatable bonds is 1. The Balaban J connectivity index is 2.01. The molecule has 4 nitrogen and oxygen atoms in total. The van der Waals surface area contributed by atoms with Gasteiger partial charge < -0.3 is 9.64 Å². The van der Waals surface area contributed by atoms with E-state index in [-0.39, 0.29) is 11.9 Å². The summed E-state index contributed by atoms with van der Waals surface area (Å²) in [5.74, 6) is 0.668. The van der Waals surface area contributed by atoms with Gasteiger partial charge in [-0.1, -0.05) is 0 Å². The summed E-state index contributed by atoms with van der Waals surface area (Å²) in [5.41, 5.74) is -0.497. The van der Waals surface area contributed by atoms with E-state index < -0.39 is 5.60 Å². The fourth-order valence-corrected chi connectivity index (χ4v) is 3.18. The average Bonchev–Trinajstić information content (AvgIpc) is 2.06. The Morgan fingerprint density at radius 2 is 2.43 bits per heavy atom. The molecule has 1 amide bonds. The van der Waals surface area contributed by atoms with E-state index in [0.717, 1.165) is 5.75 Å². The molecule has 0 aromatic heterocycles. The van der Waals surface area contributed by atoms with Crippen LogP contribution in [0.4, 0.5) is 0 Å². The number of carbonyl (C=O) groups excluding carboxylic acids is 2. The van der Waals surface area contributed by atoms with Gasteiger partial charge in [0.2, 0.25) is 5.91 Å². The maximum Gasteiger partial charge on any atom is 0.303 e. The molecule has 0 aliphatic carbocycles. The molecule has 2 fully saturated rings. The standard InChI is InChI=1S/C9H13NO3S/c1-6(11)13-9(2)4-10-7(12)3-8(10)14-5-9/h8H,3-5H2,1-2H3/t8-,9+/m1/s1. The van der Waals surface area contributed by atoms with E-state index in [4.69, 9.17) is 4.74 Å². The highest BCUT2D eigenvalue weighted by Crippen LogP contribution is 2.38. The second-order valence-electron chi connectivity index (χ2n) is 4.03. The maximum absolute atomic E-state index is 11.2. The second kappa shape index (κ2) is 3.15. The Kier molecular flexibility index (Phi) is 2.21. The van der Waals surface area contributed by atoms with Crippen LogP contribution in [-0.4, -0.2) is 40.0 Å². The first-order chi connectivity index (χ1) is 6.50. The van der Waals surface area contributed by atoms with Gasteiger partial charge in [-0.3, -0.25) is 9.59 Å². The summed E-state index contributed by atoms with van der Waals surface area (Å²) in [7, 11) is 0. The van der Waals surface area contributed by atoms with Crippen molar-refractivity contribution in [3.63, 3.8) is 0 Å². The number of fused-ring (bicyclic) bond motifs is 1. The predicted octanol–water partition coefficient (Wildman–Crippen LogP) is 0.613. The van der Waals surface area contributed by atoms with Crippen molar-refractivity contribution >= 4 is 23.6 Å². The molecule has 2 saturated heterocycles. The zero-order valence-electron chi connectivity index (χ0n) is 8.28. The molecule has 0 N–H and O–H groups in total. The zero-order valence-corrected chi connectivity index (χ0v) is 9.10. The molecular weight excluding hydrogens is 202 g/mol. The molecule has 2 heterocycles. The molecule has 5 heteroatoms. The lowest BCUT2D eigenvalue weighted by Gasteiger charge is -2.49. The number of nitrogens with zero attached hydrogens (tertiary/aromatic N) is 1. The molecule has 0 unspecified atom stereocenters. The molecule has 2 aliphatic rings. The van der Waals surface area contributed by atoms with Crippen molar-refractivity contribution < 1.29 is 14.3 Å². The number of carbonyl (C=O) groups is 2. The number of β-lactam (4-membered cyclic amide) rings is 1. The van der Waals surface area contributed by atoms with Crippen LogP contribution in [-0.2, 0) is 14.3 Å². The minimum Gasteiger partial charge on any atom is -0.457 e. The van der Waals surface area contributed by atoms with E-state index in [2.05, 4.69) is 0 Å². The molecule has 2 atom stereocenters. The smallest absolute Gasteiger partial charge is 0.303 e. The van der Waals surface area contributed by atoms with Crippen LogP contribution in [0.1, 0.15) is 20.3 Å². The highest BCUT2D eigenvalue weighted by molar-refractivity contribution is 8.00. The predicted molar refractivity (Wildman–Crippen MR) is 52.7 cm³/mol. The monoisotopic (exact) mass is 215 g/mol. The Hall–Kier alpha value is -0.710. The van der Waals surface area contributed by atoms with E-state index >= 15 is 0 Å². The number of thioether (sulfide) groups is 1. The first kappa shape index (κ1) is 9.83. The number of ether oxygens (including phenoxy) is 1. The van der Waals surface area contributed by atoms with Gasteiger partial charge in [0.25, 0.3) is 0 Å². The van der Waals surface area contributed by atoms with E-state index in [1.807, 2.05) is 6.92 Å². The van der Waals surface area contributed by atoms with Gasteiger partial charge in [-0.25, -0.2) is 0 Å². The van der Waals surface area contributed by atoms with Crippen LogP contribution >= 0.6 is 11.8 Å². The number of amides is 1. The van der Waals surface area contributed by atoms with E-state index in [9.17, 15) is 9.59 Å². The van der Waals surface area contributed by atoms with E-state index in [1.54, 1.807) is 16.7 Å². The second-order valence-corrected chi connectivity index (χ2v) is 5.20. The highest BCUT2D eigenvalue weighted by atomic mass is 32.2. The highest BCUT2D eigenvalue weighted by Gasteiger charge is 2.47. The van der Waals surface area contributed by atoms with Crippen molar-refractivity contribution in [1.82, 2.24) is 4.90 Å². The van der Waals surface area contributed by atoms with E-state index in [0.29, 0.717) is 18.3 Å². The van der Waals surface area contributed by atoms with Gasteiger partial charge in [0, 0.05) is 12.7 Å². The first-order valence-electron chi connectivity index (χ1n) is 4.61. The third kappa shape index (κ3) is 1.61. The lowest BCUT2D eigenvalue weighted by molar-refractivity contribution is -0.163. The van der Waals surface area contributed by atoms with Crippen molar-refractivity contribution in [2.75, 3.05) is 12.3 Å². The molecule has 14 heavy (non-hydrogen) atoms. The Labute approximate surface area is 87.0 Å². The first-order valence-corrected chi connectivity index (χ1v) is 5.66. The van der Waals surface area contributed by atoms with Crippen molar-refractivity contribution in [1.29, 1.82) is 0 Å². The minimum atomic E-state index is -0.497. The molecule has 0 aromatic carbocycles. The summed E-state index contributed by atoms with van der Waals surface area (Å²) in [6.45, 7) is 3.83. The molecule has 0 spiro atoms. The van der Waals surface area contributed by atoms with E-state index in [1.165, 1.54) is 6.92 Å². The van der Waals surface area contributed by atoms with Gasteiger partial charge in [-0.15, -0.1) is 11.8 Å². The summed E-state index contributed by atoms with van der Waals surface area (Å²) in [6, 6.07) is 0. The van der Waals surface area contributed by atoms with Crippen molar-refractivity contribution in [2.45, 2.75) is 31.2 Å². The van der Waals surface area contributed by atoms with Gasteiger partial charge in [0.05, 0.1) is 18.3 Å². The van der Waals surface area contributed by atoms with Gasteiger partial charge >= 0.3 is 5.97 Å². The lowest BCUT2D eigenvalue weighted by atomic mass is 10.0. The fraction of sp³-hybridized carbons (Fsp3) is 0.778. The van der Waals surface area contributed by atoms with Crippen LogP contribution in [0, 0.1) is 0 Å².